The van der Waals surface area contributed by atoms with E-state index in [1.165, 1.54) is 6.20 Å². The van der Waals surface area contributed by atoms with E-state index in [4.69, 9.17) is 19.4 Å². The van der Waals surface area contributed by atoms with Gasteiger partial charge >= 0.3 is 0 Å². The van der Waals surface area contributed by atoms with Crippen LogP contribution in [0.2, 0.25) is 0 Å². The number of ether oxygens (including phenoxy) is 2. The predicted molar refractivity (Wildman–Crippen MR) is 128 cm³/mol. The lowest BCUT2D eigenvalue weighted by Crippen LogP contribution is -2.50. The van der Waals surface area contributed by atoms with Crippen LogP contribution in [0.3, 0.4) is 0 Å². The third kappa shape index (κ3) is 3.54. The summed E-state index contributed by atoms with van der Waals surface area (Å²) in [6.45, 7) is 1.11. The van der Waals surface area contributed by atoms with Crippen molar-refractivity contribution >= 4 is 17.4 Å². The molecule has 1 aliphatic carbocycles. The fraction of sp³-hybridized carbons (Fsp3) is 0.417. The predicted octanol–water partition coefficient (Wildman–Crippen LogP) is 1.58. The van der Waals surface area contributed by atoms with Crippen LogP contribution in [0.15, 0.2) is 36.8 Å². The van der Waals surface area contributed by atoms with Crippen LogP contribution in [0.5, 0.6) is 0 Å². The summed E-state index contributed by atoms with van der Waals surface area (Å²) >= 11 is 0. The first kappa shape index (κ1) is 22.0. The molecule has 5 heterocycles. The second kappa shape index (κ2) is 8.59. The van der Waals surface area contributed by atoms with Crippen LogP contribution >= 0.6 is 0 Å². The molecular formula is C24H27N7O4. The van der Waals surface area contributed by atoms with Gasteiger partial charge in [0.05, 0.1) is 43.3 Å². The Balaban J connectivity index is 1.40. The minimum Gasteiger partial charge on any atom is -0.391 e. The van der Waals surface area contributed by atoms with Crippen LogP contribution in [0.4, 0.5) is 5.82 Å². The standard InChI is InChI=1S/C24H27N7O4/c1-25-21-8-17(28-23-15(10-27-31(21)23)24(33)29-16-5-6-19(16)32)14-9-26-22-13(14)4-3-7-30(22)18-11-35-12-20(18)34-2/h3-4,7-10,16,18-20,25,32H,5-6,11-12H2,1-2H3,(H,29,33)/t16?,18?,19-,20-/m0/s1. The minimum absolute atomic E-state index is 0.0294. The molecule has 1 saturated carbocycles. The molecule has 3 aliphatic heterocycles. The van der Waals surface area contributed by atoms with Gasteiger partial charge in [-0.1, -0.05) is 0 Å². The summed E-state index contributed by atoms with van der Waals surface area (Å²) in [4.78, 5) is 22.5. The van der Waals surface area contributed by atoms with Crippen molar-refractivity contribution in [3.05, 3.63) is 42.4 Å². The number of nitrogens with zero attached hydrogens (tertiary/aromatic N) is 5. The lowest BCUT2D eigenvalue weighted by atomic mass is 9.89. The zero-order valence-electron chi connectivity index (χ0n) is 19.5. The van der Waals surface area contributed by atoms with E-state index in [2.05, 4.69) is 20.3 Å². The van der Waals surface area contributed by atoms with E-state index in [9.17, 15) is 9.90 Å². The van der Waals surface area contributed by atoms with E-state index >= 15 is 0 Å². The fourth-order valence-electron chi connectivity index (χ4n) is 4.87. The number of carbonyl (C=O) groups is 1. The van der Waals surface area contributed by atoms with E-state index in [1.807, 2.05) is 24.4 Å². The van der Waals surface area contributed by atoms with Crippen molar-refractivity contribution < 1.29 is 19.4 Å². The zero-order valence-corrected chi connectivity index (χ0v) is 19.5. The molecule has 4 aliphatic rings. The van der Waals surface area contributed by atoms with Crippen molar-refractivity contribution in [2.45, 2.75) is 37.1 Å². The van der Waals surface area contributed by atoms with Crippen molar-refractivity contribution in [1.29, 1.82) is 0 Å². The molecule has 1 amide bonds. The molecule has 0 spiro atoms. The fourth-order valence-corrected chi connectivity index (χ4v) is 4.87. The third-order valence-corrected chi connectivity index (χ3v) is 7.06. The van der Waals surface area contributed by atoms with Crippen molar-refractivity contribution in [3.8, 4) is 22.6 Å². The highest BCUT2D eigenvalue weighted by atomic mass is 16.5. The summed E-state index contributed by atoms with van der Waals surface area (Å²) in [5.74, 6) is 1.21. The van der Waals surface area contributed by atoms with Gasteiger partial charge in [0.1, 0.15) is 23.3 Å². The zero-order chi connectivity index (χ0) is 24.1. The molecule has 11 heteroatoms. The topological polar surface area (TPSA) is 128 Å². The molecule has 2 unspecified atom stereocenters. The van der Waals surface area contributed by atoms with Gasteiger partial charge in [-0.05, 0) is 25.0 Å². The maximum absolute atomic E-state index is 13.0. The van der Waals surface area contributed by atoms with Gasteiger partial charge in [0.15, 0.2) is 5.65 Å². The number of hydrogen-bond acceptors (Lipinski definition) is 8. The quantitative estimate of drug-likeness (QED) is 0.382. The molecule has 11 nitrogen and oxygen atoms in total. The van der Waals surface area contributed by atoms with Gasteiger partial charge in [0.2, 0.25) is 0 Å². The first-order valence-corrected chi connectivity index (χ1v) is 11.7. The van der Waals surface area contributed by atoms with Gasteiger partial charge in [0, 0.05) is 43.7 Å². The number of amides is 1. The van der Waals surface area contributed by atoms with Gasteiger partial charge in [-0.2, -0.15) is 9.61 Å². The molecule has 182 valence electrons. The Morgan fingerprint density at radius 2 is 2.14 bits per heavy atom. The highest BCUT2D eigenvalue weighted by Gasteiger charge is 2.33. The average Bonchev–Trinajstić information content (AvgIpc) is 3.63. The first-order chi connectivity index (χ1) is 17.1. The molecular weight excluding hydrogens is 450 g/mol. The van der Waals surface area contributed by atoms with Gasteiger partial charge in [-0.15, -0.1) is 0 Å². The molecule has 0 bridgehead atoms. The van der Waals surface area contributed by atoms with Crippen molar-refractivity contribution in [2.24, 2.45) is 0 Å². The number of hydrogen-bond donors (Lipinski definition) is 3. The van der Waals surface area contributed by atoms with Crippen LogP contribution in [-0.4, -0.2) is 80.8 Å². The Bertz CT molecular complexity index is 1370. The van der Waals surface area contributed by atoms with Gasteiger partial charge < -0.3 is 29.8 Å². The normalized spacial score (nSPS) is 24.1. The molecule has 2 aromatic heterocycles. The molecule has 35 heavy (non-hydrogen) atoms. The molecule has 1 saturated heterocycles. The average molecular weight is 478 g/mol. The Morgan fingerprint density at radius 1 is 1.26 bits per heavy atom. The summed E-state index contributed by atoms with van der Waals surface area (Å²) in [5, 5.41) is 20.3. The Hall–Kier alpha value is -3.54. The van der Waals surface area contributed by atoms with Crippen LogP contribution < -0.4 is 10.6 Å². The summed E-state index contributed by atoms with van der Waals surface area (Å²) in [6.07, 6.45) is 6.21. The van der Waals surface area contributed by atoms with Crippen LogP contribution in [-0.2, 0) is 9.47 Å². The van der Waals surface area contributed by atoms with E-state index in [0.29, 0.717) is 42.4 Å². The first-order valence-electron chi connectivity index (χ1n) is 11.7. The number of aromatic nitrogens is 5. The number of pyridine rings is 1. The SMILES string of the molecule is CNc1cc(-c2cnc3n(C4COC[C@@H]4OC)cccc2-3)nc2c(C(=O)NC3CC[C@@H]3O)cnn12. The highest BCUT2D eigenvalue weighted by Crippen LogP contribution is 2.36. The largest absolute Gasteiger partial charge is 0.391 e. The van der Waals surface area contributed by atoms with E-state index in [1.54, 1.807) is 24.9 Å². The molecule has 2 fully saturated rings. The highest BCUT2D eigenvalue weighted by molar-refractivity contribution is 6.00. The number of fused-ring (bicyclic) bond motifs is 2. The third-order valence-electron chi connectivity index (χ3n) is 7.06. The van der Waals surface area contributed by atoms with Crippen LogP contribution in [0, 0.1) is 0 Å². The van der Waals surface area contributed by atoms with E-state index in [0.717, 1.165) is 23.4 Å². The van der Waals surface area contributed by atoms with Crippen LogP contribution in [0.1, 0.15) is 29.2 Å². The summed E-state index contributed by atoms with van der Waals surface area (Å²) in [7, 11) is 3.49. The second-order valence-corrected chi connectivity index (χ2v) is 9.00. The maximum atomic E-state index is 13.0. The number of aliphatic hydroxyl groups excluding tert-OH is 1. The van der Waals surface area contributed by atoms with Gasteiger partial charge in [0.25, 0.3) is 5.91 Å². The lowest BCUT2D eigenvalue weighted by Gasteiger charge is -2.32. The number of rotatable bonds is 6. The van der Waals surface area contributed by atoms with Crippen molar-refractivity contribution in [2.75, 3.05) is 32.7 Å². The van der Waals surface area contributed by atoms with Crippen molar-refractivity contribution in [1.82, 2.24) is 29.5 Å². The van der Waals surface area contributed by atoms with Gasteiger partial charge in [-0.25, -0.2) is 9.97 Å². The molecule has 4 atom stereocenters. The lowest BCUT2D eigenvalue weighted by molar-refractivity contribution is 0.0448. The molecule has 6 rings (SSSR count). The Kier molecular flexibility index (Phi) is 5.39. The smallest absolute Gasteiger partial charge is 0.257 e. The van der Waals surface area contributed by atoms with Gasteiger partial charge in [-0.3, -0.25) is 4.79 Å². The molecule has 3 N–H and O–H groups in total. The Morgan fingerprint density at radius 3 is 2.89 bits per heavy atom. The minimum atomic E-state index is -0.506. The Labute approximate surface area is 201 Å². The number of methoxy groups -OCH3 is 1. The molecule has 0 aromatic carbocycles. The molecule has 2 aromatic rings. The van der Waals surface area contributed by atoms with E-state index in [-0.39, 0.29) is 24.1 Å². The number of nitrogens with one attached hydrogen (secondary N) is 2. The van der Waals surface area contributed by atoms with E-state index < -0.39 is 6.10 Å². The number of anilines is 1. The number of carbonyl (C=O) groups excluding carboxylic acids is 1. The summed E-state index contributed by atoms with van der Waals surface area (Å²) in [6, 6.07) is 5.68. The summed E-state index contributed by atoms with van der Waals surface area (Å²) in [5.41, 5.74) is 3.25. The van der Waals surface area contributed by atoms with Crippen molar-refractivity contribution in [3.63, 3.8) is 0 Å². The summed E-state index contributed by atoms with van der Waals surface area (Å²) < 4.78 is 15.0. The monoisotopic (exact) mass is 477 g/mol. The number of aliphatic hydroxyl groups is 1. The maximum Gasteiger partial charge on any atom is 0.257 e. The second-order valence-electron chi connectivity index (χ2n) is 9.00. The molecule has 0 radical (unpaired) electrons. The van der Waals surface area contributed by atoms with Crippen LogP contribution in [0.25, 0.3) is 28.3 Å².